The molecule has 0 bridgehead atoms. The highest BCUT2D eigenvalue weighted by Gasteiger charge is 2.46. The number of rotatable bonds is 4. The Kier molecular flexibility index (Phi) is 7.04. The van der Waals surface area contributed by atoms with Gasteiger partial charge in [-0.1, -0.05) is 61.1 Å². The average molecular weight is 467 g/mol. The van der Waals surface area contributed by atoms with Gasteiger partial charge in [0.1, 0.15) is 5.75 Å². The SMILES string of the molecule is C=C1/C(=C\C=C2/CCC[C@]3(C)C(C(C)SC(=O)Oc4ccccc4)=CC[C@@H]23)CCCC1(O)O. The first kappa shape index (κ1) is 24.1. The fourth-order valence-electron chi connectivity index (χ4n) is 5.77. The highest BCUT2D eigenvalue weighted by molar-refractivity contribution is 8.14. The van der Waals surface area contributed by atoms with E-state index in [1.54, 1.807) is 12.1 Å². The molecule has 1 aromatic carbocycles. The quantitative estimate of drug-likeness (QED) is 0.293. The molecule has 0 aliphatic heterocycles. The van der Waals surface area contributed by atoms with E-state index in [-0.39, 0.29) is 16.0 Å². The molecule has 176 valence electrons. The number of allylic oxidation sites excluding steroid dienone is 4. The highest BCUT2D eigenvalue weighted by Crippen LogP contribution is 2.56. The Balaban J connectivity index is 1.45. The van der Waals surface area contributed by atoms with Crippen LogP contribution in [-0.4, -0.2) is 26.6 Å². The largest absolute Gasteiger partial charge is 0.418 e. The van der Waals surface area contributed by atoms with Crippen LogP contribution in [0.4, 0.5) is 4.79 Å². The van der Waals surface area contributed by atoms with Crippen molar-refractivity contribution in [2.75, 3.05) is 0 Å². The molecule has 3 aliphatic rings. The van der Waals surface area contributed by atoms with E-state index in [2.05, 4.69) is 38.7 Å². The number of aliphatic hydroxyl groups is 2. The van der Waals surface area contributed by atoms with E-state index in [0.29, 0.717) is 23.7 Å². The number of carbonyl (C=O) groups excluding carboxylic acids is 1. The van der Waals surface area contributed by atoms with Gasteiger partial charge in [-0.25, -0.2) is 4.79 Å². The summed E-state index contributed by atoms with van der Waals surface area (Å²) in [7, 11) is 0. The van der Waals surface area contributed by atoms with Gasteiger partial charge >= 0.3 is 5.30 Å². The fraction of sp³-hybridized carbons (Fsp3) is 0.464. The fourth-order valence-corrected chi connectivity index (χ4v) is 6.70. The summed E-state index contributed by atoms with van der Waals surface area (Å²) in [6.45, 7) is 8.37. The summed E-state index contributed by atoms with van der Waals surface area (Å²) in [5.41, 5.74) is 4.14. The number of ether oxygens (including phenoxy) is 1. The van der Waals surface area contributed by atoms with Crippen molar-refractivity contribution in [3.63, 3.8) is 0 Å². The summed E-state index contributed by atoms with van der Waals surface area (Å²) in [5.74, 6) is -0.801. The Bertz CT molecular complexity index is 1000. The van der Waals surface area contributed by atoms with E-state index in [4.69, 9.17) is 4.74 Å². The van der Waals surface area contributed by atoms with E-state index in [0.717, 1.165) is 44.1 Å². The molecule has 4 rings (SSSR count). The van der Waals surface area contributed by atoms with Crippen LogP contribution in [0.25, 0.3) is 0 Å². The molecule has 3 atom stereocenters. The second-order valence-electron chi connectivity index (χ2n) is 9.73. The Morgan fingerprint density at radius 1 is 1.18 bits per heavy atom. The number of para-hydroxylation sites is 1. The molecule has 0 amide bonds. The number of benzene rings is 1. The number of fused-ring (bicyclic) bond motifs is 1. The van der Waals surface area contributed by atoms with Gasteiger partial charge in [-0.3, -0.25) is 0 Å². The maximum absolute atomic E-state index is 12.5. The Hall–Kier alpha value is -2.08. The van der Waals surface area contributed by atoms with E-state index in [9.17, 15) is 15.0 Å². The van der Waals surface area contributed by atoms with Gasteiger partial charge in [-0.05, 0) is 86.2 Å². The molecule has 0 spiro atoms. The normalized spacial score (nSPS) is 30.1. The first-order valence-electron chi connectivity index (χ1n) is 11.9. The lowest BCUT2D eigenvalue weighted by Gasteiger charge is -2.42. The molecule has 0 aromatic heterocycles. The Morgan fingerprint density at radius 2 is 1.91 bits per heavy atom. The number of carbonyl (C=O) groups is 1. The highest BCUT2D eigenvalue weighted by atomic mass is 32.2. The third kappa shape index (κ3) is 5.06. The van der Waals surface area contributed by atoms with E-state index in [1.807, 2.05) is 18.2 Å². The van der Waals surface area contributed by atoms with Crippen LogP contribution in [0.1, 0.15) is 58.8 Å². The minimum Gasteiger partial charge on any atom is -0.418 e. The van der Waals surface area contributed by atoms with Crippen LogP contribution in [0, 0.1) is 11.3 Å². The summed E-state index contributed by atoms with van der Waals surface area (Å²) in [6.07, 6.45) is 12.7. The summed E-state index contributed by atoms with van der Waals surface area (Å²) in [4.78, 5) is 12.5. The van der Waals surface area contributed by atoms with Crippen LogP contribution >= 0.6 is 11.8 Å². The van der Waals surface area contributed by atoms with Gasteiger partial charge in [-0.2, -0.15) is 0 Å². The maximum atomic E-state index is 12.5. The van der Waals surface area contributed by atoms with Crippen LogP contribution in [-0.2, 0) is 0 Å². The van der Waals surface area contributed by atoms with Gasteiger partial charge in [-0.15, -0.1) is 0 Å². The lowest BCUT2D eigenvalue weighted by Crippen LogP contribution is -2.34. The molecule has 0 heterocycles. The van der Waals surface area contributed by atoms with Crippen LogP contribution in [0.5, 0.6) is 5.75 Å². The van der Waals surface area contributed by atoms with Crippen molar-refractivity contribution < 1.29 is 19.7 Å². The first-order chi connectivity index (χ1) is 15.7. The summed E-state index contributed by atoms with van der Waals surface area (Å²) >= 11 is 1.26. The third-order valence-electron chi connectivity index (χ3n) is 7.61. The van der Waals surface area contributed by atoms with Crippen molar-refractivity contribution in [3.05, 3.63) is 77.4 Å². The van der Waals surface area contributed by atoms with Crippen molar-refractivity contribution >= 4 is 17.1 Å². The molecule has 0 radical (unpaired) electrons. The lowest BCUT2D eigenvalue weighted by atomic mass is 9.64. The van der Waals surface area contributed by atoms with Crippen molar-refractivity contribution in [2.24, 2.45) is 11.3 Å². The lowest BCUT2D eigenvalue weighted by molar-refractivity contribution is -0.136. The minimum atomic E-state index is -1.78. The van der Waals surface area contributed by atoms with Crippen LogP contribution in [0.2, 0.25) is 0 Å². The first-order valence-corrected chi connectivity index (χ1v) is 12.8. The van der Waals surface area contributed by atoms with Crippen molar-refractivity contribution in [3.8, 4) is 5.75 Å². The molecule has 2 N–H and O–H groups in total. The van der Waals surface area contributed by atoms with Crippen LogP contribution < -0.4 is 4.74 Å². The molecule has 2 saturated carbocycles. The zero-order valence-electron chi connectivity index (χ0n) is 19.5. The van der Waals surface area contributed by atoms with Crippen LogP contribution in [0.3, 0.4) is 0 Å². The number of hydrogen-bond acceptors (Lipinski definition) is 5. The zero-order valence-corrected chi connectivity index (χ0v) is 20.4. The molecular formula is C28H34O4S. The van der Waals surface area contributed by atoms with Gasteiger partial charge in [0.25, 0.3) is 0 Å². The molecule has 33 heavy (non-hydrogen) atoms. The smallest absolute Gasteiger partial charge is 0.373 e. The van der Waals surface area contributed by atoms with Crippen molar-refractivity contribution in [2.45, 2.75) is 69.8 Å². The van der Waals surface area contributed by atoms with E-state index < -0.39 is 5.79 Å². The predicted molar refractivity (Wildman–Crippen MR) is 134 cm³/mol. The van der Waals surface area contributed by atoms with Gasteiger partial charge in [0, 0.05) is 17.2 Å². The van der Waals surface area contributed by atoms with E-state index >= 15 is 0 Å². The average Bonchev–Trinajstić information content (AvgIpc) is 3.13. The molecule has 4 nitrogen and oxygen atoms in total. The van der Waals surface area contributed by atoms with E-state index in [1.165, 1.54) is 22.9 Å². The summed E-state index contributed by atoms with van der Waals surface area (Å²) in [5, 5.41) is 20.1. The van der Waals surface area contributed by atoms with Gasteiger partial charge in [0.15, 0.2) is 5.79 Å². The van der Waals surface area contributed by atoms with Gasteiger partial charge in [0.2, 0.25) is 0 Å². The van der Waals surface area contributed by atoms with Gasteiger partial charge in [0.05, 0.1) is 0 Å². The predicted octanol–water partition coefficient (Wildman–Crippen LogP) is 6.72. The molecule has 0 saturated heterocycles. The topological polar surface area (TPSA) is 66.8 Å². The molecule has 1 unspecified atom stereocenters. The van der Waals surface area contributed by atoms with Crippen molar-refractivity contribution in [1.82, 2.24) is 0 Å². The molecule has 3 aliphatic carbocycles. The minimum absolute atomic E-state index is 0.0311. The molecule has 1 aromatic rings. The molecular weight excluding hydrogens is 432 g/mol. The molecule has 2 fully saturated rings. The zero-order chi connectivity index (χ0) is 23.6. The summed E-state index contributed by atoms with van der Waals surface area (Å²) in [6, 6.07) is 9.20. The second-order valence-corrected chi connectivity index (χ2v) is 11.0. The monoisotopic (exact) mass is 466 g/mol. The third-order valence-corrected chi connectivity index (χ3v) is 8.49. The summed E-state index contributed by atoms with van der Waals surface area (Å²) < 4.78 is 5.50. The van der Waals surface area contributed by atoms with Crippen LogP contribution in [0.15, 0.2) is 77.4 Å². The standard InChI is InChI=1S/C28H34O4S/c1-19-21(9-8-18-28(19,30)31)13-14-22-10-7-17-27(3)24(15-16-25(22)27)20(2)33-26(29)32-23-11-5-4-6-12-23/h4-6,11-15,20,25,30-31H,1,7-10,16-18H2,2-3H3/b21-13-,22-14+/t20?,25-,27+/m0/s1. The van der Waals surface area contributed by atoms with Crippen molar-refractivity contribution in [1.29, 1.82) is 0 Å². The number of thioether (sulfide) groups is 1. The maximum Gasteiger partial charge on any atom is 0.373 e. The second kappa shape index (κ2) is 9.65. The Labute approximate surface area is 201 Å². The van der Waals surface area contributed by atoms with Gasteiger partial charge < -0.3 is 14.9 Å². The number of hydrogen-bond donors (Lipinski definition) is 2. The molecule has 5 heteroatoms. The Morgan fingerprint density at radius 3 is 2.67 bits per heavy atom.